The molecular formula is C38H46S2Zr. The zero-order valence-corrected chi connectivity index (χ0v) is 29.2. The first-order valence-corrected chi connectivity index (χ1v) is 17.1. The van der Waals surface area contributed by atoms with Crippen LogP contribution in [-0.2, 0) is 39.0 Å². The van der Waals surface area contributed by atoms with E-state index in [0.717, 1.165) is 12.8 Å². The minimum atomic E-state index is 0. The van der Waals surface area contributed by atoms with Crippen molar-refractivity contribution in [1.82, 2.24) is 0 Å². The summed E-state index contributed by atoms with van der Waals surface area (Å²) in [5, 5.41) is 4.68. The summed E-state index contributed by atoms with van der Waals surface area (Å²) in [4.78, 5) is 2.61. The van der Waals surface area contributed by atoms with Gasteiger partial charge in [0, 0.05) is 0 Å². The largest absolute Gasteiger partial charge is 4.00 e. The molecule has 2 radical (unpaired) electrons. The van der Waals surface area contributed by atoms with Crippen LogP contribution < -0.4 is 0 Å². The van der Waals surface area contributed by atoms with Gasteiger partial charge >= 0.3 is 26.2 Å². The minimum Gasteiger partial charge on any atom is -0.255 e. The SMILES string of the molecule is CCCCCCc1csc([C-]=C2CCCCC2=[C-]c2cc(CCCCCC)cs2)c1.[C-]1C=CC=C1.[C-]1C=CC=C1.[Zr+4]. The molecule has 214 valence electrons. The van der Waals surface area contributed by atoms with Gasteiger partial charge in [-0.3, -0.25) is 11.1 Å². The van der Waals surface area contributed by atoms with Gasteiger partial charge in [-0.25, -0.2) is 36.5 Å². The second kappa shape index (κ2) is 23.0. The van der Waals surface area contributed by atoms with Crippen LogP contribution in [-0.4, -0.2) is 0 Å². The third kappa shape index (κ3) is 15.5. The first-order chi connectivity index (χ1) is 19.8. The molecule has 2 heterocycles. The quantitative estimate of drug-likeness (QED) is 0.157. The Labute approximate surface area is 279 Å². The first-order valence-electron chi connectivity index (χ1n) is 15.3. The summed E-state index contributed by atoms with van der Waals surface area (Å²) in [6.45, 7) is 4.56. The number of hydrogen-bond acceptors (Lipinski definition) is 2. The van der Waals surface area contributed by atoms with E-state index in [2.05, 4.69) is 61.7 Å². The molecule has 5 rings (SSSR count). The smallest absolute Gasteiger partial charge is 0.255 e. The predicted octanol–water partition coefficient (Wildman–Crippen LogP) is 11.9. The molecular weight excluding hydrogens is 612 g/mol. The van der Waals surface area contributed by atoms with E-state index in [-0.39, 0.29) is 26.2 Å². The number of allylic oxidation sites excluding steroid dienone is 10. The van der Waals surface area contributed by atoms with Crippen molar-refractivity contribution in [3.8, 4) is 0 Å². The molecule has 41 heavy (non-hydrogen) atoms. The summed E-state index contributed by atoms with van der Waals surface area (Å²) in [5.41, 5.74) is 5.79. The molecule has 0 saturated heterocycles. The maximum atomic E-state index is 3.77. The monoisotopic (exact) mass is 656 g/mol. The molecule has 1 saturated carbocycles. The van der Waals surface area contributed by atoms with Crippen molar-refractivity contribution in [3.63, 3.8) is 0 Å². The minimum absolute atomic E-state index is 0. The zero-order chi connectivity index (χ0) is 28.1. The van der Waals surface area contributed by atoms with Crippen LogP contribution in [0.25, 0.3) is 0 Å². The molecule has 0 spiro atoms. The van der Waals surface area contributed by atoms with E-state index in [1.165, 1.54) is 109 Å². The Morgan fingerprint density at radius 3 is 1.37 bits per heavy atom. The number of thiophene rings is 2. The van der Waals surface area contributed by atoms with E-state index < -0.39 is 0 Å². The molecule has 2 aromatic rings. The Bertz CT molecular complexity index is 1020. The molecule has 3 aliphatic rings. The third-order valence-electron chi connectivity index (χ3n) is 6.95. The van der Waals surface area contributed by atoms with Gasteiger partial charge in [0.15, 0.2) is 0 Å². The van der Waals surface area contributed by atoms with Gasteiger partial charge in [0.05, 0.1) is 0 Å². The molecule has 1 fully saturated rings. The average Bonchev–Trinajstić information content (AvgIpc) is 3.81. The standard InChI is InChI=1S/C28H38S2.2C5H4.Zr/c1-3-5-7-9-13-23-17-27(29-21-23)19-25-15-11-12-16-26(25)20-28-18-24(22-30-28)14-10-8-6-4-2;2*1-2-4-5-3-1;/h17-18,21-22H,3-16H2,1-2H3;2*1-4H;/q-2;2*-1;+4. The summed E-state index contributed by atoms with van der Waals surface area (Å²) < 4.78 is 0. The summed E-state index contributed by atoms with van der Waals surface area (Å²) in [6.07, 6.45) is 46.6. The normalized spacial score (nSPS) is 16.5. The van der Waals surface area contributed by atoms with Crippen LogP contribution in [0.1, 0.15) is 112 Å². The van der Waals surface area contributed by atoms with Crippen molar-refractivity contribution in [2.24, 2.45) is 0 Å². The fourth-order valence-corrected chi connectivity index (χ4v) is 6.42. The van der Waals surface area contributed by atoms with Crippen LogP contribution in [0.4, 0.5) is 0 Å². The van der Waals surface area contributed by atoms with Crippen LogP contribution >= 0.6 is 22.7 Å². The molecule has 0 unspecified atom stereocenters. The second-order valence-electron chi connectivity index (χ2n) is 10.4. The van der Waals surface area contributed by atoms with Gasteiger partial charge in [-0.15, -0.1) is 12.1 Å². The van der Waals surface area contributed by atoms with Gasteiger partial charge in [-0.1, -0.05) is 112 Å². The Kier molecular flexibility index (Phi) is 20.0. The number of hydrogen-bond donors (Lipinski definition) is 0. The van der Waals surface area contributed by atoms with Crippen molar-refractivity contribution in [3.05, 3.63) is 129 Å². The summed E-state index contributed by atoms with van der Waals surface area (Å²) >= 11 is 3.72. The van der Waals surface area contributed by atoms with Gasteiger partial charge in [-0.2, -0.15) is 59.8 Å². The first kappa shape index (κ1) is 35.7. The molecule has 0 N–H and O–H groups in total. The predicted molar refractivity (Wildman–Crippen MR) is 178 cm³/mol. The van der Waals surface area contributed by atoms with Crippen LogP contribution in [0.5, 0.6) is 0 Å². The van der Waals surface area contributed by atoms with Crippen molar-refractivity contribution in [2.45, 2.75) is 104 Å². The number of rotatable bonds is 12. The molecule has 0 atom stereocenters. The fraction of sp³-hybridized carbons (Fsp3) is 0.421. The van der Waals surface area contributed by atoms with Gasteiger partial charge in [0.25, 0.3) is 0 Å². The molecule has 2 aromatic heterocycles. The van der Waals surface area contributed by atoms with E-state index in [4.69, 9.17) is 0 Å². The fourth-order valence-electron chi connectivity index (χ4n) is 4.69. The molecule has 3 aliphatic carbocycles. The number of aryl methyl sites for hydroxylation is 2. The van der Waals surface area contributed by atoms with E-state index in [1.807, 2.05) is 71.3 Å². The molecule has 0 aliphatic heterocycles. The van der Waals surface area contributed by atoms with Crippen LogP contribution in [0.2, 0.25) is 0 Å². The zero-order valence-electron chi connectivity index (χ0n) is 25.1. The number of unbranched alkanes of at least 4 members (excludes halogenated alkanes) is 6. The van der Waals surface area contributed by atoms with E-state index in [1.54, 1.807) is 0 Å². The summed E-state index contributed by atoms with van der Waals surface area (Å²) in [6, 6.07) is 4.74. The van der Waals surface area contributed by atoms with Gasteiger partial charge in [0.2, 0.25) is 0 Å². The summed E-state index contributed by atoms with van der Waals surface area (Å²) in [5.74, 6) is 0. The van der Waals surface area contributed by atoms with Gasteiger partial charge in [0.1, 0.15) is 0 Å². The van der Waals surface area contributed by atoms with Crippen molar-refractivity contribution < 1.29 is 26.2 Å². The molecule has 0 nitrogen and oxygen atoms in total. The van der Waals surface area contributed by atoms with E-state index in [9.17, 15) is 0 Å². The average molecular weight is 658 g/mol. The maximum absolute atomic E-state index is 3.77. The van der Waals surface area contributed by atoms with E-state index in [0.29, 0.717) is 0 Å². The van der Waals surface area contributed by atoms with Crippen LogP contribution in [0.15, 0.2) is 82.6 Å². The second-order valence-corrected chi connectivity index (χ2v) is 12.3. The Balaban J connectivity index is 0.000000446. The molecule has 0 bridgehead atoms. The van der Waals surface area contributed by atoms with Crippen LogP contribution in [0, 0.1) is 25.0 Å². The molecule has 0 aromatic carbocycles. The molecule has 3 heteroatoms. The van der Waals surface area contributed by atoms with Gasteiger partial charge in [-0.05, 0) is 23.6 Å². The molecule has 0 amide bonds. The van der Waals surface area contributed by atoms with Crippen LogP contribution in [0.3, 0.4) is 0 Å². The van der Waals surface area contributed by atoms with Crippen molar-refractivity contribution in [1.29, 1.82) is 0 Å². The van der Waals surface area contributed by atoms with Crippen molar-refractivity contribution >= 4 is 22.7 Å². The topological polar surface area (TPSA) is 0 Å². The Hall–Kier alpha value is -1.54. The Morgan fingerprint density at radius 2 is 1.02 bits per heavy atom. The van der Waals surface area contributed by atoms with Crippen molar-refractivity contribution in [2.75, 3.05) is 0 Å². The Morgan fingerprint density at radius 1 is 0.610 bits per heavy atom. The maximum Gasteiger partial charge on any atom is 4.00 e. The van der Waals surface area contributed by atoms with Gasteiger partial charge < -0.3 is 0 Å². The van der Waals surface area contributed by atoms with E-state index >= 15 is 0 Å². The third-order valence-corrected chi connectivity index (χ3v) is 8.74. The summed E-state index contributed by atoms with van der Waals surface area (Å²) in [7, 11) is 0.